The number of hydrogen-bond acceptors (Lipinski definition) is 4. The molecule has 132 valence electrons. The van der Waals surface area contributed by atoms with Gasteiger partial charge in [-0.15, -0.1) is 0 Å². The molecular formula is C15H22F2O5S. The van der Waals surface area contributed by atoms with Crippen molar-refractivity contribution in [2.45, 2.75) is 63.2 Å². The molecule has 8 heteroatoms. The summed E-state index contributed by atoms with van der Waals surface area (Å²) in [5.41, 5.74) is -0.168. The highest BCUT2D eigenvalue weighted by molar-refractivity contribution is 7.86. The molecule has 0 heterocycles. The quantitative estimate of drug-likeness (QED) is 0.608. The predicted octanol–water partition coefficient (Wildman–Crippen LogP) is 3.01. The van der Waals surface area contributed by atoms with Gasteiger partial charge >= 0.3 is 21.3 Å². The van der Waals surface area contributed by atoms with Crippen LogP contribution in [0.5, 0.6) is 0 Å². The Morgan fingerprint density at radius 3 is 2.04 bits per heavy atom. The summed E-state index contributed by atoms with van der Waals surface area (Å²) in [6.07, 6.45) is 4.23. The first-order chi connectivity index (χ1) is 10.5. The molecule has 4 fully saturated rings. The number of carbonyl (C=O) groups excluding carboxylic acids is 1. The molecule has 0 saturated heterocycles. The van der Waals surface area contributed by atoms with Crippen LogP contribution in [0.15, 0.2) is 0 Å². The van der Waals surface area contributed by atoms with E-state index < -0.39 is 27.4 Å². The Balaban J connectivity index is 1.64. The van der Waals surface area contributed by atoms with Crippen LogP contribution < -0.4 is 0 Å². The summed E-state index contributed by atoms with van der Waals surface area (Å²) in [7, 11) is -5.61. The van der Waals surface area contributed by atoms with Gasteiger partial charge in [-0.25, -0.2) is 0 Å². The Morgan fingerprint density at radius 1 is 1.22 bits per heavy atom. The zero-order valence-corrected chi connectivity index (χ0v) is 13.8. The van der Waals surface area contributed by atoms with Crippen LogP contribution in [-0.2, 0) is 19.6 Å². The van der Waals surface area contributed by atoms with E-state index in [2.05, 4.69) is 4.74 Å². The molecule has 0 aromatic rings. The maximum absolute atomic E-state index is 13.5. The third-order valence-corrected chi connectivity index (χ3v) is 6.83. The molecule has 1 N–H and O–H groups in total. The monoisotopic (exact) mass is 352 g/mol. The second kappa shape index (κ2) is 5.37. The van der Waals surface area contributed by atoms with Crippen molar-refractivity contribution in [1.82, 2.24) is 0 Å². The van der Waals surface area contributed by atoms with E-state index >= 15 is 0 Å². The van der Waals surface area contributed by atoms with E-state index in [0.717, 1.165) is 26.2 Å². The molecule has 4 bridgehead atoms. The lowest BCUT2D eigenvalue weighted by atomic mass is 9.49. The molecule has 1 unspecified atom stereocenters. The summed E-state index contributed by atoms with van der Waals surface area (Å²) in [5, 5.41) is -4.50. The van der Waals surface area contributed by atoms with Gasteiger partial charge in [-0.1, -0.05) is 0 Å². The fraction of sp³-hybridized carbons (Fsp3) is 0.933. The van der Waals surface area contributed by atoms with E-state index in [0.29, 0.717) is 17.8 Å². The first-order valence-corrected chi connectivity index (χ1v) is 9.49. The maximum atomic E-state index is 13.5. The van der Waals surface area contributed by atoms with Crippen molar-refractivity contribution in [2.24, 2.45) is 23.2 Å². The lowest BCUT2D eigenvalue weighted by molar-refractivity contribution is -0.167. The molecule has 4 rings (SSSR count). The van der Waals surface area contributed by atoms with E-state index in [1.165, 1.54) is 19.3 Å². The van der Waals surface area contributed by atoms with Crippen molar-refractivity contribution in [3.63, 3.8) is 0 Å². The Kier molecular flexibility index (Phi) is 3.99. The van der Waals surface area contributed by atoms with Crippen molar-refractivity contribution in [1.29, 1.82) is 0 Å². The average molecular weight is 352 g/mol. The highest BCUT2D eigenvalue weighted by Gasteiger charge is 2.54. The summed E-state index contributed by atoms with van der Waals surface area (Å²) in [5.74, 6) is 1.05. The molecule has 4 aliphatic carbocycles. The van der Waals surface area contributed by atoms with Crippen LogP contribution in [-0.4, -0.2) is 30.3 Å². The highest BCUT2D eigenvalue weighted by atomic mass is 32.2. The van der Waals surface area contributed by atoms with Gasteiger partial charge in [0.05, 0.1) is 6.42 Å². The summed E-state index contributed by atoms with van der Waals surface area (Å²) in [4.78, 5) is 12.1. The molecule has 0 aromatic heterocycles. The summed E-state index contributed by atoms with van der Waals surface area (Å²) >= 11 is 0. The normalized spacial score (nSPS) is 37.7. The molecule has 0 aliphatic heterocycles. The number of halogens is 2. The predicted molar refractivity (Wildman–Crippen MR) is 77.3 cm³/mol. The maximum Gasteiger partial charge on any atom is 0.405 e. The number of hydrogen-bond donors (Lipinski definition) is 1. The SMILES string of the molecule is CC(OC(=O)CC12CC3CC(CC(C3)C1)C2)C(F)(F)S(=O)(=O)O. The molecule has 1 atom stereocenters. The third-order valence-electron chi connectivity index (χ3n) is 5.81. The van der Waals surface area contributed by atoms with Crippen LogP contribution in [0.25, 0.3) is 0 Å². The molecule has 0 aromatic carbocycles. The first kappa shape index (κ1) is 17.1. The molecule has 4 aliphatic rings. The first-order valence-electron chi connectivity index (χ1n) is 8.05. The summed E-state index contributed by atoms with van der Waals surface area (Å²) < 4.78 is 61.6. The standard InChI is InChI=1S/C15H22F2O5S/c1-9(15(16,17)23(19,20)21)22-13(18)8-14-5-10-2-11(6-14)4-12(3-10)7-14/h9-12H,2-8H2,1H3,(H,19,20,21). The Morgan fingerprint density at radius 2 is 1.65 bits per heavy atom. The topological polar surface area (TPSA) is 80.7 Å². The number of carbonyl (C=O) groups is 1. The van der Waals surface area contributed by atoms with E-state index in [1.54, 1.807) is 0 Å². The molecule has 0 spiro atoms. The van der Waals surface area contributed by atoms with Crippen LogP contribution in [0.2, 0.25) is 0 Å². The van der Waals surface area contributed by atoms with E-state index in [-0.39, 0.29) is 11.8 Å². The number of esters is 1. The average Bonchev–Trinajstić information content (AvgIpc) is 2.34. The Bertz CT molecular complexity index is 566. The molecule has 4 saturated carbocycles. The van der Waals surface area contributed by atoms with Crippen LogP contribution in [0, 0.1) is 23.2 Å². The molecular weight excluding hydrogens is 330 g/mol. The zero-order valence-electron chi connectivity index (χ0n) is 13.0. The van der Waals surface area contributed by atoms with Gasteiger partial charge in [0.1, 0.15) is 0 Å². The van der Waals surface area contributed by atoms with Crippen molar-refractivity contribution >= 4 is 16.1 Å². The zero-order chi connectivity index (χ0) is 17.0. The third kappa shape index (κ3) is 3.12. The fourth-order valence-electron chi connectivity index (χ4n) is 5.33. The fourth-order valence-corrected chi connectivity index (χ4v) is 5.80. The second-order valence-corrected chi connectivity index (χ2v) is 9.26. The minimum absolute atomic E-state index is 0.0579. The van der Waals surface area contributed by atoms with Crippen LogP contribution in [0.4, 0.5) is 8.78 Å². The molecule has 5 nitrogen and oxygen atoms in total. The van der Waals surface area contributed by atoms with Gasteiger partial charge in [0.15, 0.2) is 6.10 Å². The minimum Gasteiger partial charge on any atom is -0.455 e. The van der Waals surface area contributed by atoms with Crippen LogP contribution >= 0.6 is 0 Å². The lowest BCUT2D eigenvalue weighted by Crippen LogP contribution is -2.48. The largest absolute Gasteiger partial charge is 0.455 e. The van der Waals surface area contributed by atoms with Gasteiger partial charge in [-0.3, -0.25) is 9.35 Å². The second-order valence-electron chi connectivity index (χ2n) is 7.76. The molecule has 0 amide bonds. The smallest absolute Gasteiger partial charge is 0.405 e. The Labute approximate surface area is 134 Å². The van der Waals surface area contributed by atoms with E-state index in [1.807, 2.05) is 0 Å². The molecule has 23 heavy (non-hydrogen) atoms. The lowest BCUT2D eigenvalue weighted by Gasteiger charge is -2.56. The molecule has 0 radical (unpaired) electrons. The van der Waals surface area contributed by atoms with Gasteiger partial charge in [-0.2, -0.15) is 17.2 Å². The van der Waals surface area contributed by atoms with Crippen LogP contribution in [0.3, 0.4) is 0 Å². The van der Waals surface area contributed by atoms with Gasteiger partial charge in [0.25, 0.3) is 0 Å². The van der Waals surface area contributed by atoms with Crippen molar-refractivity contribution in [2.75, 3.05) is 0 Å². The van der Waals surface area contributed by atoms with Crippen molar-refractivity contribution < 1.29 is 31.3 Å². The van der Waals surface area contributed by atoms with Crippen molar-refractivity contribution in [3.8, 4) is 0 Å². The van der Waals surface area contributed by atoms with Crippen LogP contribution in [0.1, 0.15) is 51.9 Å². The minimum atomic E-state index is -5.61. The summed E-state index contributed by atoms with van der Waals surface area (Å²) in [6, 6.07) is 0. The summed E-state index contributed by atoms with van der Waals surface area (Å²) in [6.45, 7) is 0.783. The Hall–Kier alpha value is -0.760. The van der Waals surface area contributed by atoms with Gasteiger partial charge < -0.3 is 4.74 Å². The number of ether oxygens (including phenoxy) is 1. The van der Waals surface area contributed by atoms with Crippen molar-refractivity contribution in [3.05, 3.63) is 0 Å². The number of alkyl halides is 2. The highest BCUT2D eigenvalue weighted by Crippen LogP contribution is 2.61. The van der Waals surface area contributed by atoms with Gasteiger partial charge in [0, 0.05) is 0 Å². The van der Waals surface area contributed by atoms with Gasteiger partial charge in [-0.05, 0) is 68.6 Å². The van der Waals surface area contributed by atoms with E-state index in [9.17, 15) is 22.0 Å². The number of rotatable bonds is 5. The van der Waals surface area contributed by atoms with E-state index in [4.69, 9.17) is 4.55 Å². The van der Waals surface area contributed by atoms with Gasteiger partial charge in [0.2, 0.25) is 0 Å².